The van der Waals surface area contributed by atoms with Gasteiger partial charge in [-0.25, -0.2) is 4.79 Å². The molecule has 0 aromatic heterocycles. The van der Waals surface area contributed by atoms with Crippen LogP contribution in [0.4, 0.5) is 4.79 Å². The molecule has 2 aliphatic rings. The van der Waals surface area contributed by atoms with Crippen LogP contribution in [0.25, 0.3) is 0 Å². The number of nitrogens with zero attached hydrogens (tertiary/aromatic N) is 3. The van der Waals surface area contributed by atoms with Gasteiger partial charge in [0.05, 0.1) is 0 Å². The van der Waals surface area contributed by atoms with Gasteiger partial charge in [0.2, 0.25) is 0 Å². The van der Waals surface area contributed by atoms with Crippen molar-refractivity contribution in [2.75, 3.05) is 46.4 Å². The maximum Gasteiger partial charge on any atom is 0.320 e. The number of aliphatic hydroxyl groups is 1. The van der Waals surface area contributed by atoms with Crippen LogP contribution in [0.1, 0.15) is 18.4 Å². The van der Waals surface area contributed by atoms with E-state index in [1.54, 1.807) is 4.90 Å². The van der Waals surface area contributed by atoms with E-state index >= 15 is 0 Å². The molecular weight excluding hydrogens is 318 g/mol. The molecule has 0 spiro atoms. The third-order valence-corrected chi connectivity index (χ3v) is 5.15. The fraction of sp³-hybridized carbons (Fsp3) is 0.632. The number of likely N-dealkylation sites (N-methyl/N-ethyl adjacent to an activating group) is 1. The van der Waals surface area contributed by atoms with Gasteiger partial charge in [0, 0.05) is 45.8 Å². The van der Waals surface area contributed by atoms with Gasteiger partial charge in [-0.3, -0.25) is 0 Å². The Morgan fingerprint density at radius 3 is 2.64 bits per heavy atom. The van der Waals surface area contributed by atoms with Crippen molar-refractivity contribution >= 4 is 6.03 Å². The van der Waals surface area contributed by atoms with Gasteiger partial charge in [-0.15, -0.1) is 0 Å². The standard InChI is InChI=1S/C19H29N3O3/c1-15-4-3-5-18(12-15)25-14-17(23)13-21-8-6-16(7-9-21)22-11-10-20(2)19(22)24/h3-5,12,16-17,23H,6-11,13-14H2,1-2H3/t17-/m1/s1. The van der Waals surface area contributed by atoms with Gasteiger partial charge >= 0.3 is 6.03 Å². The summed E-state index contributed by atoms with van der Waals surface area (Å²) < 4.78 is 5.68. The van der Waals surface area contributed by atoms with Crippen molar-refractivity contribution in [2.24, 2.45) is 0 Å². The van der Waals surface area contributed by atoms with Crippen LogP contribution in [0.15, 0.2) is 24.3 Å². The summed E-state index contributed by atoms with van der Waals surface area (Å²) >= 11 is 0. The van der Waals surface area contributed by atoms with Crippen LogP contribution in [-0.4, -0.2) is 84.4 Å². The Balaban J connectivity index is 1.39. The lowest BCUT2D eigenvalue weighted by atomic mass is 10.0. The summed E-state index contributed by atoms with van der Waals surface area (Å²) in [5.74, 6) is 0.800. The molecule has 3 rings (SSSR count). The van der Waals surface area contributed by atoms with Crippen molar-refractivity contribution in [3.05, 3.63) is 29.8 Å². The zero-order chi connectivity index (χ0) is 17.8. The molecule has 0 bridgehead atoms. The Hall–Kier alpha value is -1.79. The SMILES string of the molecule is Cc1cccc(OC[C@H](O)CN2CCC(N3CCN(C)C3=O)CC2)c1. The van der Waals surface area contributed by atoms with Crippen LogP contribution >= 0.6 is 0 Å². The minimum Gasteiger partial charge on any atom is -0.491 e. The number of urea groups is 1. The molecule has 2 saturated heterocycles. The number of carbonyl (C=O) groups is 1. The third-order valence-electron chi connectivity index (χ3n) is 5.15. The minimum atomic E-state index is -0.503. The first-order valence-electron chi connectivity index (χ1n) is 9.14. The smallest absolute Gasteiger partial charge is 0.320 e. The van der Waals surface area contributed by atoms with Crippen molar-refractivity contribution in [3.63, 3.8) is 0 Å². The monoisotopic (exact) mass is 347 g/mol. The van der Waals surface area contributed by atoms with Crippen molar-refractivity contribution in [1.29, 1.82) is 0 Å². The number of carbonyl (C=O) groups excluding carboxylic acids is 1. The second-order valence-corrected chi connectivity index (χ2v) is 7.21. The van der Waals surface area contributed by atoms with E-state index in [0.717, 1.165) is 50.3 Å². The highest BCUT2D eigenvalue weighted by molar-refractivity contribution is 5.76. The molecule has 2 heterocycles. The lowest BCUT2D eigenvalue weighted by Gasteiger charge is -2.37. The lowest BCUT2D eigenvalue weighted by molar-refractivity contribution is 0.0505. The van der Waals surface area contributed by atoms with E-state index in [9.17, 15) is 9.90 Å². The molecule has 138 valence electrons. The number of aliphatic hydroxyl groups excluding tert-OH is 1. The summed E-state index contributed by atoms with van der Waals surface area (Å²) in [6.07, 6.45) is 1.45. The third kappa shape index (κ3) is 4.64. The molecule has 0 saturated carbocycles. The van der Waals surface area contributed by atoms with Crippen molar-refractivity contribution in [3.8, 4) is 5.75 Å². The predicted molar refractivity (Wildman–Crippen MR) is 96.9 cm³/mol. The Morgan fingerprint density at radius 1 is 1.24 bits per heavy atom. The highest BCUT2D eigenvalue weighted by Gasteiger charge is 2.33. The predicted octanol–water partition coefficient (Wildman–Crippen LogP) is 1.57. The molecule has 6 heteroatoms. The highest BCUT2D eigenvalue weighted by Crippen LogP contribution is 2.21. The Kier molecular flexibility index (Phi) is 5.81. The summed E-state index contributed by atoms with van der Waals surface area (Å²) in [5.41, 5.74) is 1.15. The topological polar surface area (TPSA) is 56.3 Å². The van der Waals surface area contributed by atoms with Gasteiger partial charge in [0.1, 0.15) is 18.5 Å². The van der Waals surface area contributed by atoms with Gasteiger partial charge in [0.15, 0.2) is 0 Å². The quantitative estimate of drug-likeness (QED) is 0.849. The normalized spacial score (nSPS) is 21.0. The van der Waals surface area contributed by atoms with Gasteiger partial charge < -0.3 is 24.5 Å². The van der Waals surface area contributed by atoms with Crippen molar-refractivity contribution in [1.82, 2.24) is 14.7 Å². The van der Waals surface area contributed by atoms with E-state index in [1.165, 1.54) is 0 Å². The Labute approximate surface area is 150 Å². The number of aryl methyl sites for hydroxylation is 1. The number of amides is 2. The first-order valence-corrected chi connectivity index (χ1v) is 9.14. The average molecular weight is 347 g/mol. The molecule has 2 amide bonds. The molecule has 1 aromatic rings. The van der Waals surface area contributed by atoms with Crippen LogP contribution in [0.3, 0.4) is 0 Å². The van der Waals surface area contributed by atoms with E-state index in [2.05, 4.69) is 4.90 Å². The first kappa shape index (κ1) is 18.0. The maximum absolute atomic E-state index is 12.1. The summed E-state index contributed by atoms with van der Waals surface area (Å²) in [4.78, 5) is 18.2. The molecule has 25 heavy (non-hydrogen) atoms. The van der Waals surface area contributed by atoms with Crippen LogP contribution in [0.5, 0.6) is 5.75 Å². The summed E-state index contributed by atoms with van der Waals surface area (Å²) in [7, 11) is 1.86. The van der Waals surface area contributed by atoms with Crippen LogP contribution in [0.2, 0.25) is 0 Å². The second-order valence-electron chi connectivity index (χ2n) is 7.21. The first-order chi connectivity index (χ1) is 12.0. The molecule has 0 radical (unpaired) electrons. The van der Waals surface area contributed by atoms with Crippen LogP contribution in [-0.2, 0) is 0 Å². The molecule has 1 aromatic carbocycles. The zero-order valence-corrected chi connectivity index (χ0v) is 15.2. The Morgan fingerprint density at radius 2 is 2.00 bits per heavy atom. The molecule has 2 aliphatic heterocycles. The van der Waals surface area contributed by atoms with Gasteiger partial charge in [-0.05, 0) is 37.5 Å². The second kappa shape index (κ2) is 8.06. The largest absolute Gasteiger partial charge is 0.491 e. The average Bonchev–Trinajstić information content (AvgIpc) is 2.93. The fourth-order valence-electron chi connectivity index (χ4n) is 3.67. The number of hydrogen-bond acceptors (Lipinski definition) is 4. The number of hydrogen-bond donors (Lipinski definition) is 1. The summed E-state index contributed by atoms with van der Waals surface area (Å²) in [6, 6.07) is 8.37. The molecule has 0 unspecified atom stereocenters. The number of likely N-dealkylation sites (tertiary alicyclic amines) is 1. The van der Waals surface area contributed by atoms with E-state index < -0.39 is 6.10 Å². The van der Waals surface area contributed by atoms with E-state index in [1.807, 2.05) is 43.1 Å². The lowest BCUT2D eigenvalue weighted by Crippen LogP contribution is -2.48. The molecule has 2 fully saturated rings. The minimum absolute atomic E-state index is 0.157. The van der Waals surface area contributed by atoms with E-state index in [-0.39, 0.29) is 6.03 Å². The van der Waals surface area contributed by atoms with E-state index in [4.69, 9.17) is 4.74 Å². The van der Waals surface area contributed by atoms with Gasteiger partial charge in [-0.1, -0.05) is 12.1 Å². The summed E-state index contributed by atoms with van der Waals surface area (Å²) in [5, 5.41) is 10.2. The molecule has 0 aliphatic carbocycles. The Bertz CT molecular complexity index is 587. The highest BCUT2D eigenvalue weighted by atomic mass is 16.5. The molecule has 1 atom stereocenters. The molecule has 6 nitrogen and oxygen atoms in total. The molecular formula is C19H29N3O3. The summed E-state index contributed by atoms with van der Waals surface area (Å²) in [6.45, 7) is 6.45. The van der Waals surface area contributed by atoms with E-state index in [0.29, 0.717) is 19.2 Å². The van der Waals surface area contributed by atoms with Crippen LogP contribution in [0, 0.1) is 6.92 Å². The number of piperidine rings is 1. The zero-order valence-electron chi connectivity index (χ0n) is 15.2. The van der Waals surface area contributed by atoms with Crippen molar-refractivity contribution in [2.45, 2.75) is 31.9 Å². The number of rotatable bonds is 6. The number of ether oxygens (including phenoxy) is 1. The van der Waals surface area contributed by atoms with Gasteiger partial charge in [0.25, 0.3) is 0 Å². The van der Waals surface area contributed by atoms with Crippen LogP contribution < -0.4 is 4.74 Å². The molecule has 1 N–H and O–H groups in total. The van der Waals surface area contributed by atoms with Crippen molar-refractivity contribution < 1.29 is 14.6 Å². The maximum atomic E-state index is 12.1. The number of β-amino-alcohol motifs (C(OH)–C–C–N with tert-alkyl or cyclic N) is 1. The fourth-order valence-corrected chi connectivity index (χ4v) is 3.67. The van der Waals surface area contributed by atoms with Gasteiger partial charge in [-0.2, -0.15) is 0 Å². The number of benzene rings is 1.